The average molecular weight is 340 g/mol. The Kier molecular flexibility index (Phi) is 5.54. The SMILES string of the molecule is CC(=O)c1ccc(NC(=O)[C@H](C)OC(=O)c2cccc(C)c2N)cc1. The predicted molar refractivity (Wildman–Crippen MR) is 95.5 cm³/mol. The molecular weight excluding hydrogens is 320 g/mol. The van der Waals surface area contributed by atoms with Gasteiger partial charge in [-0.1, -0.05) is 12.1 Å². The van der Waals surface area contributed by atoms with E-state index in [1.807, 2.05) is 0 Å². The summed E-state index contributed by atoms with van der Waals surface area (Å²) < 4.78 is 5.18. The molecule has 0 aliphatic rings. The third-order valence-corrected chi connectivity index (χ3v) is 3.76. The van der Waals surface area contributed by atoms with Crippen LogP contribution in [0.1, 0.15) is 40.1 Å². The van der Waals surface area contributed by atoms with Crippen molar-refractivity contribution in [1.29, 1.82) is 0 Å². The van der Waals surface area contributed by atoms with Crippen LogP contribution in [0.4, 0.5) is 11.4 Å². The fourth-order valence-corrected chi connectivity index (χ4v) is 2.17. The highest BCUT2D eigenvalue weighted by molar-refractivity contribution is 6.00. The molecule has 0 unspecified atom stereocenters. The molecule has 6 nitrogen and oxygen atoms in total. The number of hydrogen-bond acceptors (Lipinski definition) is 5. The summed E-state index contributed by atoms with van der Waals surface area (Å²) in [5, 5.41) is 2.63. The van der Waals surface area contributed by atoms with Gasteiger partial charge in [0.25, 0.3) is 5.91 Å². The van der Waals surface area contributed by atoms with Gasteiger partial charge in [0.1, 0.15) is 0 Å². The van der Waals surface area contributed by atoms with Crippen molar-refractivity contribution in [2.45, 2.75) is 26.9 Å². The smallest absolute Gasteiger partial charge is 0.341 e. The number of carbonyl (C=O) groups excluding carboxylic acids is 3. The van der Waals surface area contributed by atoms with E-state index in [1.54, 1.807) is 49.4 Å². The quantitative estimate of drug-likeness (QED) is 0.495. The second kappa shape index (κ2) is 7.61. The molecule has 0 aliphatic heterocycles. The number of carbonyl (C=O) groups is 3. The Balaban J connectivity index is 2.01. The molecule has 0 aliphatic carbocycles. The zero-order valence-electron chi connectivity index (χ0n) is 14.3. The highest BCUT2D eigenvalue weighted by Gasteiger charge is 2.21. The van der Waals surface area contributed by atoms with Gasteiger partial charge in [-0.2, -0.15) is 0 Å². The third kappa shape index (κ3) is 4.44. The Hall–Kier alpha value is -3.15. The second-order valence-electron chi connectivity index (χ2n) is 5.71. The average Bonchev–Trinajstić information content (AvgIpc) is 2.57. The molecule has 1 atom stereocenters. The maximum atomic E-state index is 12.2. The van der Waals surface area contributed by atoms with Gasteiger partial charge in [0.15, 0.2) is 11.9 Å². The largest absolute Gasteiger partial charge is 0.449 e. The molecule has 6 heteroatoms. The van der Waals surface area contributed by atoms with Crippen molar-refractivity contribution >= 4 is 29.0 Å². The van der Waals surface area contributed by atoms with Crippen LogP contribution >= 0.6 is 0 Å². The summed E-state index contributed by atoms with van der Waals surface area (Å²) in [7, 11) is 0. The van der Waals surface area contributed by atoms with Gasteiger partial charge in [0.05, 0.1) is 5.56 Å². The molecule has 0 spiro atoms. The molecule has 0 heterocycles. The molecule has 0 saturated heterocycles. The van der Waals surface area contributed by atoms with E-state index in [4.69, 9.17) is 10.5 Å². The van der Waals surface area contributed by atoms with Crippen LogP contribution < -0.4 is 11.1 Å². The minimum Gasteiger partial charge on any atom is -0.449 e. The van der Waals surface area contributed by atoms with Crippen LogP contribution in [0.25, 0.3) is 0 Å². The Morgan fingerprint density at radius 1 is 1.08 bits per heavy atom. The summed E-state index contributed by atoms with van der Waals surface area (Å²) in [5.74, 6) is -1.19. The number of hydrogen-bond donors (Lipinski definition) is 2. The number of nitrogens with one attached hydrogen (secondary N) is 1. The first kappa shape index (κ1) is 18.2. The molecule has 0 bridgehead atoms. The first-order chi connectivity index (χ1) is 11.8. The number of amides is 1. The number of aryl methyl sites for hydroxylation is 1. The minimum absolute atomic E-state index is 0.0593. The van der Waals surface area contributed by atoms with Crippen molar-refractivity contribution < 1.29 is 19.1 Å². The van der Waals surface area contributed by atoms with Crippen molar-refractivity contribution in [3.63, 3.8) is 0 Å². The minimum atomic E-state index is -1.00. The number of rotatable bonds is 5. The van der Waals surface area contributed by atoms with Crippen molar-refractivity contribution in [3.8, 4) is 0 Å². The topological polar surface area (TPSA) is 98.5 Å². The Morgan fingerprint density at radius 2 is 1.72 bits per heavy atom. The predicted octanol–water partition coefficient (Wildman–Crippen LogP) is 2.96. The second-order valence-corrected chi connectivity index (χ2v) is 5.71. The van der Waals surface area contributed by atoms with Crippen LogP contribution in [0.3, 0.4) is 0 Å². The summed E-state index contributed by atoms with van der Waals surface area (Å²) in [6, 6.07) is 11.5. The fraction of sp³-hybridized carbons (Fsp3) is 0.211. The summed E-state index contributed by atoms with van der Waals surface area (Å²) in [6.07, 6.45) is -1.00. The zero-order chi connectivity index (χ0) is 18.6. The first-order valence-corrected chi connectivity index (χ1v) is 7.77. The van der Waals surface area contributed by atoms with Gasteiger partial charge in [-0.05, 0) is 56.7 Å². The van der Waals surface area contributed by atoms with Crippen LogP contribution in [0, 0.1) is 6.92 Å². The number of Topliss-reactive ketones (excluding diaryl/α,β-unsaturated/α-hetero) is 1. The van der Waals surface area contributed by atoms with E-state index < -0.39 is 18.0 Å². The molecule has 2 aromatic rings. The van der Waals surface area contributed by atoms with Crippen LogP contribution in [0.2, 0.25) is 0 Å². The van der Waals surface area contributed by atoms with E-state index in [1.165, 1.54) is 13.8 Å². The molecule has 0 aromatic heterocycles. The van der Waals surface area contributed by atoms with Gasteiger partial charge in [-0.25, -0.2) is 4.79 Å². The number of ether oxygens (including phenoxy) is 1. The highest BCUT2D eigenvalue weighted by atomic mass is 16.5. The normalized spacial score (nSPS) is 11.5. The Bertz CT molecular complexity index is 813. The summed E-state index contributed by atoms with van der Waals surface area (Å²) in [5.41, 5.74) is 8.25. The van der Waals surface area contributed by atoms with E-state index in [9.17, 15) is 14.4 Å². The maximum absolute atomic E-state index is 12.2. The molecule has 0 radical (unpaired) electrons. The summed E-state index contributed by atoms with van der Waals surface area (Å²) >= 11 is 0. The van der Waals surface area contributed by atoms with E-state index in [-0.39, 0.29) is 11.3 Å². The standard InChI is InChI=1S/C19H20N2O4/c1-11-5-4-6-16(17(11)20)19(24)25-13(3)18(23)21-15-9-7-14(8-10-15)12(2)22/h4-10,13H,20H2,1-3H3,(H,21,23)/t13-/m0/s1. The number of ketones is 1. The monoisotopic (exact) mass is 340 g/mol. The highest BCUT2D eigenvalue weighted by Crippen LogP contribution is 2.18. The number of para-hydroxylation sites is 1. The lowest BCUT2D eigenvalue weighted by Crippen LogP contribution is -2.30. The number of nitrogens with two attached hydrogens (primary N) is 1. The number of anilines is 2. The first-order valence-electron chi connectivity index (χ1n) is 7.77. The summed E-state index contributed by atoms with van der Waals surface area (Å²) in [4.78, 5) is 35.6. The van der Waals surface area contributed by atoms with Gasteiger partial charge < -0.3 is 15.8 Å². The van der Waals surface area contributed by atoms with Crippen molar-refractivity contribution in [3.05, 3.63) is 59.2 Å². The number of nitrogen functional groups attached to an aromatic ring is 1. The van der Waals surface area contributed by atoms with E-state index in [0.717, 1.165) is 5.56 Å². The summed E-state index contributed by atoms with van der Waals surface area (Å²) in [6.45, 7) is 4.72. The molecular formula is C19H20N2O4. The van der Waals surface area contributed by atoms with Crippen molar-refractivity contribution in [2.24, 2.45) is 0 Å². The van der Waals surface area contributed by atoms with E-state index in [0.29, 0.717) is 16.9 Å². The molecule has 25 heavy (non-hydrogen) atoms. The van der Waals surface area contributed by atoms with Crippen LogP contribution in [-0.2, 0) is 9.53 Å². The van der Waals surface area contributed by atoms with Crippen molar-refractivity contribution in [1.82, 2.24) is 0 Å². The molecule has 2 aromatic carbocycles. The lowest BCUT2D eigenvalue weighted by molar-refractivity contribution is -0.123. The molecule has 1 amide bonds. The third-order valence-electron chi connectivity index (χ3n) is 3.76. The van der Waals surface area contributed by atoms with Crippen LogP contribution in [0.15, 0.2) is 42.5 Å². The van der Waals surface area contributed by atoms with Crippen LogP contribution in [0.5, 0.6) is 0 Å². The lowest BCUT2D eigenvalue weighted by atomic mass is 10.1. The van der Waals surface area contributed by atoms with Gasteiger partial charge in [-0.15, -0.1) is 0 Å². The molecule has 0 saturated carbocycles. The number of benzene rings is 2. The van der Waals surface area contributed by atoms with Crippen LogP contribution in [-0.4, -0.2) is 23.8 Å². The lowest BCUT2D eigenvalue weighted by Gasteiger charge is -2.15. The Morgan fingerprint density at radius 3 is 2.32 bits per heavy atom. The molecule has 2 rings (SSSR count). The zero-order valence-corrected chi connectivity index (χ0v) is 14.3. The van der Waals surface area contributed by atoms with Gasteiger partial charge in [0, 0.05) is 16.9 Å². The van der Waals surface area contributed by atoms with Crippen molar-refractivity contribution in [2.75, 3.05) is 11.1 Å². The van der Waals surface area contributed by atoms with E-state index in [2.05, 4.69) is 5.32 Å². The van der Waals surface area contributed by atoms with Gasteiger partial charge in [-0.3, -0.25) is 9.59 Å². The number of esters is 1. The molecule has 0 fully saturated rings. The van der Waals surface area contributed by atoms with E-state index >= 15 is 0 Å². The Labute approximate surface area is 146 Å². The van der Waals surface area contributed by atoms with Gasteiger partial charge >= 0.3 is 5.97 Å². The van der Waals surface area contributed by atoms with Gasteiger partial charge in [0.2, 0.25) is 0 Å². The molecule has 130 valence electrons. The maximum Gasteiger partial charge on any atom is 0.341 e. The fourth-order valence-electron chi connectivity index (χ4n) is 2.17. The molecule has 3 N–H and O–H groups in total.